The summed E-state index contributed by atoms with van der Waals surface area (Å²) >= 11 is 0. The molecule has 7 nitrogen and oxygen atoms in total. The second-order valence-corrected chi connectivity index (χ2v) is 9.20. The SMILES string of the molecule is O=C(NC1CC2CCC(C1)N2)c1ccccc1S(=O)(=O)N1CCOCC1. The van der Waals surface area contributed by atoms with Crippen LogP contribution in [0, 0.1) is 0 Å². The smallest absolute Gasteiger partial charge is 0.252 e. The maximum Gasteiger partial charge on any atom is 0.252 e. The van der Waals surface area contributed by atoms with E-state index < -0.39 is 10.0 Å². The first-order valence-electron chi connectivity index (χ1n) is 9.28. The van der Waals surface area contributed by atoms with Gasteiger partial charge in [-0.2, -0.15) is 4.31 Å². The van der Waals surface area contributed by atoms with Gasteiger partial charge in [0.2, 0.25) is 10.0 Å². The third kappa shape index (κ3) is 3.51. The van der Waals surface area contributed by atoms with Crippen LogP contribution in [-0.4, -0.2) is 63.1 Å². The fourth-order valence-corrected chi connectivity index (χ4v) is 5.84. The van der Waals surface area contributed by atoms with E-state index in [4.69, 9.17) is 4.74 Å². The van der Waals surface area contributed by atoms with E-state index in [9.17, 15) is 13.2 Å². The van der Waals surface area contributed by atoms with Crippen LogP contribution in [0.5, 0.6) is 0 Å². The Kier molecular flexibility index (Phi) is 5.00. The number of ether oxygens (including phenoxy) is 1. The van der Waals surface area contributed by atoms with Crippen molar-refractivity contribution in [3.63, 3.8) is 0 Å². The van der Waals surface area contributed by atoms with Gasteiger partial charge in [-0.05, 0) is 37.8 Å². The van der Waals surface area contributed by atoms with Gasteiger partial charge in [0.15, 0.2) is 0 Å². The molecule has 0 aliphatic carbocycles. The molecule has 0 saturated carbocycles. The van der Waals surface area contributed by atoms with E-state index >= 15 is 0 Å². The van der Waals surface area contributed by atoms with E-state index in [1.165, 1.54) is 10.4 Å². The lowest BCUT2D eigenvalue weighted by Crippen LogP contribution is -2.48. The lowest BCUT2D eigenvalue weighted by atomic mass is 9.99. The van der Waals surface area contributed by atoms with Crippen molar-refractivity contribution in [2.75, 3.05) is 26.3 Å². The lowest BCUT2D eigenvalue weighted by molar-refractivity contribution is 0.0729. The zero-order valence-electron chi connectivity index (χ0n) is 14.7. The molecule has 1 aromatic carbocycles. The zero-order valence-corrected chi connectivity index (χ0v) is 15.5. The molecule has 0 radical (unpaired) electrons. The second kappa shape index (κ2) is 7.26. The summed E-state index contributed by atoms with van der Waals surface area (Å²) in [4.78, 5) is 12.9. The summed E-state index contributed by atoms with van der Waals surface area (Å²) in [5.74, 6) is -0.302. The second-order valence-electron chi connectivity index (χ2n) is 7.29. The van der Waals surface area contributed by atoms with Crippen molar-refractivity contribution in [3.05, 3.63) is 29.8 Å². The van der Waals surface area contributed by atoms with E-state index in [2.05, 4.69) is 10.6 Å². The Labute approximate surface area is 154 Å². The maximum atomic E-state index is 13.0. The van der Waals surface area contributed by atoms with Crippen molar-refractivity contribution in [1.29, 1.82) is 0 Å². The number of benzene rings is 1. The highest BCUT2D eigenvalue weighted by molar-refractivity contribution is 7.89. The number of sulfonamides is 1. The summed E-state index contributed by atoms with van der Waals surface area (Å²) in [5.41, 5.74) is 0.227. The quantitative estimate of drug-likeness (QED) is 0.805. The van der Waals surface area contributed by atoms with Gasteiger partial charge in [-0.3, -0.25) is 4.79 Å². The first-order chi connectivity index (χ1) is 12.5. The Morgan fingerprint density at radius 2 is 1.77 bits per heavy atom. The van der Waals surface area contributed by atoms with Gasteiger partial charge in [-0.15, -0.1) is 0 Å². The number of hydrogen-bond acceptors (Lipinski definition) is 5. The Bertz CT molecular complexity index is 764. The highest BCUT2D eigenvalue weighted by Crippen LogP contribution is 2.27. The summed E-state index contributed by atoms with van der Waals surface area (Å²) in [6.45, 7) is 1.39. The van der Waals surface area contributed by atoms with Gasteiger partial charge in [-0.1, -0.05) is 12.1 Å². The monoisotopic (exact) mass is 379 g/mol. The standard InChI is InChI=1S/C18H25N3O4S/c22-18(20-15-11-13-5-6-14(12-15)19-13)16-3-1-2-4-17(16)26(23,24)21-7-9-25-10-8-21/h1-4,13-15,19H,5-12H2,(H,20,22). The number of morpholine rings is 1. The van der Waals surface area contributed by atoms with E-state index in [1.54, 1.807) is 18.2 Å². The van der Waals surface area contributed by atoms with Crippen LogP contribution in [0.15, 0.2) is 29.2 Å². The summed E-state index contributed by atoms with van der Waals surface area (Å²) in [6, 6.07) is 7.51. The van der Waals surface area contributed by atoms with E-state index in [0.29, 0.717) is 38.4 Å². The van der Waals surface area contributed by atoms with Crippen molar-refractivity contribution in [1.82, 2.24) is 14.9 Å². The topological polar surface area (TPSA) is 87.7 Å². The molecule has 2 N–H and O–H groups in total. The molecule has 3 heterocycles. The molecule has 3 aliphatic rings. The van der Waals surface area contributed by atoms with Crippen molar-refractivity contribution in [2.45, 2.75) is 48.7 Å². The number of rotatable bonds is 4. The summed E-state index contributed by atoms with van der Waals surface area (Å²) in [7, 11) is -3.71. The minimum Gasteiger partial charge on any atom is -0.379 e. The number of hydrogen-bond donors (Lipinski definition) is 2. The number of piperidine rings is 1. The van der Waals surface area contributed by atoms with Gasteiger partial charge in [0.05, 0.1) is 23.7 Å². The van der Waals surface area contributed by atoms with Crippen molar-refractivity contribution >= 4 is 15.9 Å². The fourth-order valence-electron chi connectivity index (χ4n) is 4.24. The van der Waals surface area contributed by atoms with Gasteiger partial charge in [-0.25, -0.2) is 8.42 Å². The van der Waals surface area contributed by atoms with Gasteiger partial charge in [0.1, 0.15) is 0 Å². The highest BCUT2D eigenvalue weighted by atomic mass is 32.2. The van der Waals surface area contributed by atoms with Crippen molar-refractivity contribution < 1.29 is 17.9 Å². The minimum absolute atomic E-state index is 0.0799. The maximum absolute atomic E-state index is 13.0. The van der Waals surface area contributed by atoms with Gasteiger partial charge < -0.3 is 15.4 Å². The van der Waals surface area contributed by atoms with Crippen LogP contribution in [-0.2, 0) is 14.8 Å². The van der Waals surface area contributed by atoms with Crippen LogP contribution in [0.4, 0.5) is 0 Å². The van der Waals surface area contributed by atoms with Crippen LogP contribution in [0.2, 0.25) is 0 Å². The molecule has 1 amide bonds. The summed E-state index contributed by atoms with van der Waals surface area (Å²) < 4.78 is 32.6. The average molecular weight is 379 g/mol. The van der Waals surface area contributed by atoms with Crippen LogP contribution in [0.1, 0.15) is 36.0 Å². The highest BCUT2D eigenvalue weighted by Gasteiger charge is 2.35. The third-order valence-electron chi connectivity index (χ3n) is 5.53. The van der Waals surface area contributed by atoms with Crippen LogP contribution in [0.3, 0.4) is 0 Å². The number of nitrogens with one attached hydrogen (secondary N) is 2. The molecule has 2 atom stereocenters. The molecule has 3 fully saturated rings. The van der Waals surface area contributed by atoms with Crippen LogP contribution in [0.25, 0.3) is 0 Å². The molecule has 26 heavy (non-hydrogen) atoms. The van der Waals surface area contributed by atoms with Gasteiger partial charge in [0, 0.05) is 31.2 Å². The fraction of sp³-hybridized carbons (Fsp3) is 0.611. The lowest BCUT2D eigenvalue weighted by Gasteiger charge is -2.30. The van der Waals surface area contributed by atoms with E-state index in [-0.39, 0.29) is 22.4 Å². The van der Waals surface area contributed by atoms with E-state index in [1.807, 2.05) is 0 Å². The van der Waals surface area contributed by atoms with Gasteiger partial charge in [0.25, 0.3) is 5.91 Å². The predicted octanol–water partition coefficient (Wildman–Crippen LogP) is 0.720. The number of carbonyl (C=O) groups excluding carboxylic acids is 1. The third-order valence-corrected chi connectivity index (χ3v) is 7.48. The minimum atomic E-state index is -3.71. The predicted molar refractivity (Wildman–Crippen MR) is 96.5 cm³/mol. The Hall–Kier alpha value is -1.48. The molecular formula is C18H25N3O4S. The molecule has 1 aromatic rings. The molecule has 2 bridgehead atoms. The van der Waals surface area contributed by atoms with Crippen molar-refractivity contribution in [3.8, 4) is 0 Å². The van der Waals surface area contributed by atoms with E-state index in [0.717, 1.165) is 25.7 Å². The Morgan fingerprint density at radius 1 is 1.12 bits per heavy atom. The average Bonchev–Trinajstić information content (AvgIpc) is 3.00. The largest absolute Gasteiger partial charge is 0.379 e. The normalized spacial score (nSPS) is 29.5. The van der Waals surface area contributed by atoms with Crippen LogP contribution >= 0.6 is 0 Å². The first kappa shape index (κ1) is 17.9. The number of fused-ring (bicyclic) bond motifs is 2. The van der Waals surface area contributed by atoms with Gasteiger partial charge >= 0.3 is 0 Å². The van der Waals surface area contributed by atoms with Crippen molar-refractivity contribution in [2.24, 2.45) is 0 Å². The number of carbonyl (C=O) groups is 1. The molecule has 3 aliphatic heterocycles. The first-order valence-corrected chi connectivity index (χ1v) is 10.7. The molecular weight excluding hydrogens is 354 g/mol. The molecule has 2 unspecified atom stereocenters. The molecule has 0 aromatic heterocycles. The Morgan fingerprint density at radius 3 is 2.46 bits per heavy atom. The number of amides is 1. The number of nitrogens with zero attached hydrogens (tertiary/aromatic N) is 1. The molecule has 142 valence electrons. The molecule has 3 saturated heterocycles. The summed E-state index contributed by atoms with van der Waals surface area (Å²) in [6.07, 6.45) is 4.11. The molecule has 8 heteroatoms. The van der Waals surface area contributed by atoms with Crippen LogP contribution < -0.4 is 10.6 Å². The zero-order chi connectivity index (χ0) is 18.1. The molecule has 4 rings (SSSR count). The molecule has 0 spiro atoms. The Balaban J connectivity index is 1.54. The summed E-state index contributed by atoms with van der Waals surface area (Å²) in [5, 5.41) is 6.61.